The van der Waals surface area contributed by atoms with Crippen molar-refractivity contribution < 1.29 is 0 Å². The summed E-state index contributed by atoms with van der Waals surface area (Å²) < 4.78 is 0. The number of nitrogens with zero attached hydrogens (tertiary/aromatic N) is 2. The maximum Gasteiger partial charge on any atom is 0.187 e. The minimum atomic E-state index is 0.292. The number of rotatable bonds is 0. The quantitative estimate of drug-likeness (QED) is 0.390. The molecule has 0 saturated heterocycles. The van der Waals surface area contributed by atoms with Crippen molar-refractivity contribution >= 4 is 35.8 Å². The summed E-state index contributed by atoms with van der Waals surface area (Å²) in [6, 6.07) is 0. The normalized spacial score (nSPS) is 10.0. The Bertz CT molecular complexity index is 241. The molecule has 0 saturated carbocycles. The van der Waals surface area contributed by atoms with Crippen molar-refractivity contribution in [2.24, 2.45) is 0 Å². The van der Waals surface area contributed by atoms with Crippen LogP contribution in [0.1, 0.15) is 5.56 Å². The van der Waals surface area contributed by atoms with Crippen molar-refractivity contribution in [1.29, 1.82) is 0 Å². The van der Waals surface area contributed by atoms with Gasteiger partial charge in [-0.1, -0.05) is 23.2 Å². The van der Waals surface area contributed by atoms with Gasteiger partial charge in [-0.2, -0.15) is 0 Å². The molecule has 54 valence electrons. The highest BCUT2D eigenvalue weighted by Crippen LogP contribution is 2.20. The van der Waals surface area contributed by atoms with E-state index < -0.39 is 0 Å². The maximum absolute atomic E-state index is 5.63. The lowest BCUT2D eigenvalue weighted by molar-refractivity contribution is 0.958. The first-order chi connectivity index (χ1) is 4.61. The lowest BCUT2D eigenvalue weighted by Gasteiger charge is -1.98. The fraction of sp³-hybridized carbons (Fsp3) is 0.200. The molecule has 0 N–H and O–H groups in total. The van der Waals surface area contributed by atoms with Crippen LogP contribution in [0.15, 0.2) is 5.16 Å². The first-order valence-corrected chi connectivity index (χ1v) is 3.70. The van der Waals surface area contributed by atoms with Gasteiger partial charge in [0, 0.05) is 5.56 Å². The lowest BCUT2D eigenvalue weighted by Crippen LogP contribution is -1.89. The highest BCUT2D eigenvalue weighted by molar-refractivity contribution is 7.80. The van der Waals surface area contributed by atoms with E-state index in [4.69, 9.17) is 23.2 Å². The van der Waals surface area contributed by atoms with Gasteiger partial charge in [0.05, 0.1) is 0 Å². The minimum absolute atomic E-state index is 0.292. The van der Waals surface area contributed by atoms with E-state index in [1.165, 1.54) is 0 Å². The molecule has 0 bridgehead atoms. The van der Waals surface area contributed by atoms with Crippen molar-refractivity contribution in [2.75, 3.05) is 0 Å². The van der Waals surface area contributed by atoms with Crippen molar-refractivity contribution in [3.05, 3.63) is 15.9 Å². The van der Waals surface area contributed by atoms with Crippen molar-refractivity contribution in [1.82, 2.24) is 9.97 Å². The Morgan fingerprint density at radius 3 is 2.00 bits per heavy atom. The van der Waals surface area contributed by atoms with E-state index in [1.54, 1.807) is 6.92 Å². The molecule has 0 radical (unpaired) electrons. The maximum atomic E-state index is 5.63. The van der Waals surface area contributed by atoms with Gasteiger partial charge in [0.2, 0.25) is 0 Å². The molecule has 0 aliphatic heterocycles. The summed E-state index contributed by atoms with van der Waals surface area (Å²) in [4.78, 5) is 7.54. The second-order valence-electron chi connectivity index (χ2n) is 1.73. The average Bonchev–Trinajstić information content (AvgIpc) is 1.82. The summed E-state index contributed by atoms with van der Waals surface area (Å²) in [5, 5.41) is 0.996. The molecule has 0 atom stereocenters. The minimum Gasteiger partial charge on any atom is -0.210 e. The van der Waals surface area contributed by atoms with Crippen LogP contribution in [0, 0.1) is 6.92 Å². The first kappa shape index (κ1) is 8.11. The van der Waals surface area contributed by atoms with Gasteiger partial charge in [0.15, 0.2) is 5.16 Å². The topological polar surface area (TPSA) is 25.8 Å². The Balaban J connectivity index is 3.31. The highest BCUT2D eigenvalue weighted by atomic mass is 35.5. The van der Waals surface area contributed by atoms with Crippen LogP contribution in [0.2, 0.25) is 10.3 Å². The molecule has 1 heterocycles. The number of aromatic nitrogens is 2. The molecule has 2 nitrogen and oxygen atoms in total. The van der Waals surface area contributed by atoms with E-state index in [2.05, 4.69) is 22.6 Å². The zero-order valence-corrected chi connectivity index (χ0v) is 7.50. The molecule has 10 heavy (non-hydrogen) atoms. The van der Waals surface area contributed by atoms with Gasteiger partial charge in [0.1, 0.15) is 10.3 Å². The van der Waals surface area contributed by atoms with Crippen molar-refractivity contribution in [3.8, 4) is 0 Å². The zero-order valence-electron chi connectivity index (χ0n) is 5.10. The molecule has 0 unspecified atom stereocenters. The van der Waals surface area contributed by atoms with E-state index in [0.717, 1.165) is 0 Å². The van der Waals surface area contributed by atoms with Crippen LogP contribution in [-0.2, 0) is 0 Å². The molecule has 0 aromatic carbocycles. The molecule has 0 fully saturated rings. The fourth-order valence-electron chi connectivity index (χ4n) is 0.453. The third-order valence-corrected chi connectivity index (χ3v) is 1.95. The molecule has 1 rings (SSSR count). The SMILES string of the molecule is Cc1c(Cl)nc(S)nc1Cl. The average molecular weight is 195 g/mol. The van der Waals surface area contributed by atoms with Gasteiger partial charge in [0.25, 0.3) is 0 Å². The summed E-state index contributed by atoms with van der Waals surface area (Å²) in [5.41, 5.74) is 0.682. The fourth-order valence-corrected chi connectivity index (χ4v) is 1.16. The van der Waals surface area contributed by atoms with Crippen LogP contribution < -0.4 is 0 Å². The standard InChI is InChI=1S/C5H4Cl2N2S/c1-2-3(6)8-5(10)9-4(2)7/h1H3,(H,8,9,10). The van der Waals surface area contributed by atoms with Gasteiger partial charge >= 0.3 is 0 Å². The number of thiol groups is 1. The van der Waals surface area contributed by atoms with Crippen LogP contribution in [0.4, 0.5) is 0 Å². The number of hydrogen-bond acceptors (Lipinski definition) is 3. The van der Waals surface area contributed by atoms with Crippen LogP contribution >= 0.6 is 35.8 Å². The van der Waals surface area contributed by atoms with Gasteiger partial charge in [-0.05, 0) is 6.92 Å². The van der Waals surface area contributed by atoms with Gasteiger partial charge in [-0.25, -0.2) is 9.97 Å². The smallest absolute Gasteiger partial charge is 0.187 e. The van der Waals surface area contributed by atoms with E-state index >= 15 is 0 Å². The van der Waals surface area contributed by atoms with E-state index in [1.807, 2.05) is 0 Å². The van der Waals surface area contributed by atoms with Gasteiger partial charge in [-0.3, -0.25) is 0 Å². The predicted molar refractivity (Wildman–Crippen MR) is 44.0 cm³/mol. The predicted octanol–water partition coefficient (Wildman–Crippen LogP) is 2.38. The zero-order chi connectivity index (χ0) is 7.72. The van der Waals surface area contributed by atoms with Crippen LogP contribution in [0.3, 0.4) is 0 Å². The second kappa shape index (κ2) is 2.95. The molecular weight excluding hydrogens is 191 g/mol. The number of hydrogen-bond donors (Lipinski definition) is 1. The van der Waals surface area contributed by atoms with Crippen LogP contribution in [0.5, 0.6) is 0 Å². The molecule has 1 aromatic rings. The Morgan fingerprint density at radius 2 is 1.60 bits per heavy atom. The molecule has 0 aliphatic rings. The molecule has 1 aromatic heterocycles. The summed E-state index contributed by atoms with van der Waals surface area (Å²) in [5.74, 6) is 0. The second-order valence-corrected chi connectivity index (χ2v) is 2.85. The highest BCUT2D eigenvalue weighted by Gasteiger charge is 2.03. The molecule has 0 aliphatic carbocycles. The Morgan fingerprint density at radius 1 is 1.20 bits per heavy atom. The van der Waals surface area contributed by atoms with Gasteiger partial charge < -0.3 is 0 Å². The summed E-state index contributed by atoms with van der Waals surface area (Å²) >= 11 is 15.1. The van der Waals surface area contributed by atoms with E-state index in [9.17, 15) is 0 Å². The Kier molecular flexibility index (Phi) is 2.39. The first-order valence-electron chi connectivity index (χ1n) is 2.50. The Hall–Kier alpha value is 0.01000. The monoisotopic (exact) mass is 194 g/mol. The summed E-state index contributed by atoms with van der Waals surface area (Å²) in [6.45, 7) is 1.75. The Labute approximate surface area is 74.0 Å². The van der Waals surface area contributed by atoms with Crippen molar-refractivity contribution in [3.63, 3.8) is 0 Å². The molecule has 0 spiro atoms. The summed E-state index contributed by atoms with van der Waals surface area (Å²) in [7, 11) is 0. The molecular formula is C5H4Cl2N2S. The number of halogens is 2. The van der Waals surface area contributed by atoms with Crippen molar-refractivity contribution in [2.45, 2.75) is 12.1 Å². The molecule has 0 amide bonds. The van der Waals surface area contributed by atoms with E-state index in [-0.39, 0.29) is 0 Å². The third-order valence-electron chi connectivity index (χ3n) is 1.02. The van der Waals surface area contributed by atoms with Crippen LogP contribution in [0.25, 0.3) is 0 Å². The van der Waals surface area contributed by atoms with E-state index in [0.29, 0.717) is 21.0 Å². The third kappa shape index (κ3) is 1.54. The lowest BCUT2D eigenvalue weighted by atomic mass is 10.4. The van der Waals surface area contributed by atoms with Crippen LogP contribution in [-0.4, -0.2) is 9.97 Å². The largest absolute Gasteiger partial charge is 0.210 e. The summed E-state index contributed by atoms with van der Waals surface area (Å²) in [6.07, 6.45) is 0. The van der Waals surface area contributed by atoms with Gasteiger partial charge in [-0.15, -0.1) is 12.6 Å². The molecule has 5 heteroatoms.